The summed E-state index contributed by atoms with van der Waals surface area (Å²) < 4.78 is 6.89. The van der Waals surface area contributed by atoms with E-state index in [9.17, 15) is 9.59 Å². The van der Waals surface area contributed by atoms with Gasteiger partial charge >= 0.3 is 0 Å². The first-order chi connectivity index (χ1) is 14.9. The van der Waals surface area contributed by atoms with Crippen LogP contribution in [0.3, 0.4) is 0 Å². The number of pyridine rings is 1. The second kappa shape index (κ2) is 7.51. The summed E-state index contributed by atoms with van der Waals surface area (Å²) in [5, 5.41) is 0.621. The van der Waals surface area contributed by atoms with Gasteiger partial charge in [0.25, 0.3) is 11.5 Å². The minimum Gasteiger partial charge on any atom is -0.377 e. The van der Waals surface area contributed by atoms with Crippen LogP contribution in [0.1, 0.15) is 45.6 Å². The predicted octanol–water partition coefficient (Wildman–Crippen LogP) is 3.62. The molecule has 0 unspecified atom stereocenters. The monoisotopic (exact) mass is 436 g/mol. The van der Waals surface area contributed by atoms with Crippen LogP contribution in [-0.2, 0) is 11.8 Å². The molecular weight excluding hydrogens is 416 g/mol. The summed E-state index contributed by atoms with van der Waals surface area (Å²) in [5.74, 6) is 0.500. The zero-order valence-corrected chi connectivity index (χ0v) is 17.9. The zero-order valence-electron chi connectivity index (χ0n) is 17.2. The summed E-state index contributed by atoms with van der Waals surface area (Å²) in [6.45, 7) is 2.92. The molecule has 1 amide bonds. The number of hydrogen-bond acceptors (Lipinski definition) is 4. The van der Waals surface area contributed by atoms with Crippen molar-refractivity contribution in [2.24, 2.45) is 7.05 Å². The lowest BCUT2D eigenvalue weighted by Crippen LogP contribution is -2.31. The lowest BCUT2D eigenvalue weighted by Gasteiger charge is -2.26. The highest BCUT2D eigenvalue weighted by Crippen LogP contribution is 2.41. The van der Waals surface area contributed by atoms with Crippen LogP contribution in [0.2, 0.25) is 5.02 Å². The molecule has 158 valence electrons. The number of nitrogens with one attached hydrogen (secondary N) is 1. The normalized spacial score (nSPS) is 18.3. The van der Waals surface area contributed by atoms with Gasteiger partial charge in [-0.1, -0.05) is 29.8 Å². The number of aromatic nitrogens is 3. The van der Waals surface area contributed by atoms with Gasteiger partial charge in [-0.3, -0.25) is 14.5 Å². The maximum absolute atomic E-state index is 13.5. The van der Waals surface area contributed by atoms with E-state index in [2.05, 4.69) is 9.97 Å². The fraction of sp³-hybridized carbons (Fsp3) is 0.261. The van der Waals surface area contributed by atoms with Crippen molar-refractivity contribution in [2.75, 3.05) is 18.1 Å². The maximum atomic E-state index is 13.5. The number of ether oxygens (including phenoxy) is 1. The Morgan fingerprint density at radius 1 is 1.23 bits per heavy atom. The van der Waals surface area contributed by atoms with E-state index in [1.807, 2.05) is 30.3 Å². The molecule has 0 radical (unpaired) electrons. The summed E-state index contributed by atoms with van der Waals surface area (Å²) in [7, 11) is 1.68. The number of fused-ring (bicyclic) bond motifs is 1. The molecule has 8 heteroatoms. The first-order valence-electron chi connectivity index (χ1n) is 10.1. The van der Waals surface area contributed by atoms with Crippen molar-refractivity contribution in [3.8, 4) is 0 Å². The fourth-order valence-corrected chi connectivity index (χ4v) is 4.34. The standard InChI is InChI=1S/C23H21ClN4O3/c1-13-11-17(12-27(2)22(13)29)28-20(14-3-5-16(24)6-4-14)18-19(23(28)30)26-21(25-18)15-7-9-31-10-8-15/h3-7,11-12,20H,8-10H2,1-2H3,(H,25,26)/t20-/m1/s1. The Morgan fingerprint density at radius 3 is 2.68 bits per heavy atom. The molecule has 4 heterocycles. The second-order valence-corrected chi connectivity index (χ2v) is 8.27. The molecule has 0 fully saturated rings. The first-order valence-corrected chi connectivity index (χ1v) is 10.4. The molecule has 3 aromatic rings. The molecule has 2 aromatic heterocycles. The predicted molar refractivity (Wildman–Crippen MR) is 119 cm³/mol. The van der Waals surface area contributed by atoms with Crippen LogP contribution >= 0.6 is 11.6 Å². The van der Waals surface area contributed by atoms with Crippen LogP contribution in [0.4, 0.5) is 5.69 Å². The number of nitrogens with zero attached hydrogens (tertiary/aromatic N) is 3. The van der Waals surface area contributed by atoms with E-state index >= 15 is 0 Å². The van der Waals surface area contributed by atoms with Crippen LogP contribution in [-0.4, -0.2) is 33.7 Å². The number of halogens is 1. The number of carbonyl (C=O) groups excluding carboxylic acids is 1. The minimum absolute atomic E-state index is 0.0937. The van der Waals surface area contributed by atoms with Crippen LogP contribution in [0, 0.1) is 6.92 Å². The second-order valence-electron chi connectivity index (χ2n) is 7.83. The van der Waals surface area contributed by atoms with E-state index in [0.29, 0.717) is 41.0 Å². The van der Waals surface area contributed by atoms with E-state index in [1.54, 1.807) is 31.1 Å². The zero-order chi connectivity index (χ0) is 21.7. The Bertz CT molecular complexity index is 1250. The molecule has 0 spiro atoms. The molecule has 0 aliphatic carbocycles. The quantitative estimate of drug-likeness (QED) is 0.680. The Balaban J connectivity index is 1.66. The van der Waals surface area contributed by atoms with E-state index < -0.39 is 6.04 Å². The molecule has 1 aromatic carbocycles. The van der Waals surface area contributed by atoms with Gasteiger partial charge in [-0.25, -0.2) is 4.98 Å². The number of amides is 1. The van der Waals surface area contributed by atoms with Crippen molar-refractivity contribution in [1.29, 1.82) is 0 Å². The fourth-order valence-electron chi connectivity index (χ4n) is 4.22. The van der Waals surface area contributed by atoms with Crippen molar-refractivity contribution in [3.05, 3.63) is 86.3 Å². The largest absolute Gasteiger partial charge is 0.377 e. The topological polar surface area (TPSA) is 80.2 Å². The van der Waals surface area contributed by atoms with Crippen LogP contribution in [0.15, 0.2) is 47.4 Å². The van der Waals surface area contributed by atoms with Crippen LogP contribution in [0.5, 0.6) is 0 Å². The number of aryl methyl sites for hydroxylation is 2. The number of imidazole rings is 1. The number of anilines is 1. The number of benzene rings is 1. The number of H-pyrrole nitrogens is 1. The van der Waals surface area contributed by atoms with Gasteiger partial charge in [0.1, 0.15) is 11.9 Å². The maximum Gasteiger partial charge on any atom is 0.279 e. The molecule has 7 nitrogen and oxygen atoms in total. The summed E-state index contributed by atoms with van der Waals surface area (Å²) in [6, 6.07) is 8.77. The molecule has 0 saturated carbocycles. The minimum atomic E-state index is -0.404. The van der Waals surface area contributed by atoms with Crippen molar-refractivity contribution >= 4 is 28.8 Å². The van der Waals surface area contributed by atoms with Gasteiger partial charge in [-0.05, 0) is 42.7 Å². The van der Waals surface area contributed by atoms with Gasteiger partial charge in [-0.2, -0.15) is 0 Å². The first kappa shape index (κ1) is 19.8. The summed E-state index contributed by atoms with van der Waals surface area (Å²) in [6.07, 6.45) is 4.42. The van der Waals surface area contributed by atoms with Gasteiger partial charge in [0.2, 0.25) is 0 Å². The lowest BCUT2D eigenvalue weighted by atomic mass is 10.0. The molecule has 1 N–H and O–H groups in total. The third-order valence-corrected chi connectivity index (χ3v) is 6.02. The van der Waals surface area contributed by atoms with Gasteiger partial charge in [0.05, 0.1) is 24.6 Å². The van der Waals surface area contributed by atoms with Crippen molar-refractivity contribution in [2.45, 2.75) is 19.4 Å². The number of hydrogen-bond donors (Lipinski definition) is 1. The highest BCUT2D eigenvalue weighted by atomic mass is 35.5. The van der Waals surface area contributed by atoms with Gasteiger partial charge in [-0.15, -0.1) is 0 Å². The smallest absolute Gasteiger partial charge is 0.279 e. The summed E-state index contributed by atoms with van der Waals surface area (Å²) >= 11 is 6.11. The van der Waals surface area contributed by atoms with Crippen LogP contribution in [0.25, 0.3) is 5.57 Å². The average molecular weight is 437 g/mol. The molecule has 2 aliphatic heterocycles. The van der Waals surface area contributed by atoms with E-state index in [4.69, 9.17) is 16.3 Å². The van der Waals surface area contributed by atoms with Crippen LogP contribution < -0.4 is 10.5 Å². The summed E-state index contributed by atoms with van der Waals surface area (Å²) in [4.78, 5) is 35.5. The van der Waals surface area contributed by atoms with Crippen molar-refractivity contribution in [3.63, 3.8) is 0 Å². The molecule has 0 saturated heterocycles. The molecular formula is C23H21ClN4O3. The lowest BCUT2D eigenvalue weighted by molar-refractivity contribution is 0.0989. The molecule has 1 atom stereocenters. The third kappa shape index (κ3) is 3.30. The van der Waals surface area contributed by atoms with E-state index in [0.717, 1.165) is 23.3 Å². The van der Waals surface area contributed by atoms with Gasteiger partial charge in [0, 0.05) is 23.8 Å². The van der Waals surface area contributed by atoms with E-state index in [-0.39, 0.29) is 11.5 Å². The number of carbonyl (C=O) groups is 1. The Morgan fingerprint density at radius 2 is 2.00 bits per heavy atom. The molecule has 5 rings (SSSR count). The molecule has 31 heavy (non-hydrogen) atoms. The van der Waals surface area contributed by atoms with Crippen molar-refractivity contribution in [1.82, 2.24) is 14.5 Å². The highest BCUT2D eigenvalue weighted by Gasteiger charge is 2.42. The Labute approximate surface area is 183 Å². The van der Waals surface area contributed by atoms with E-state index in [1.165, 1.54) is 4.57 Å². The molecule has 2 aliphatic rings. The Kier molecular flexibility index (Phi) is 4.79. The average Bonchev–Trinajstić information content (AvgIpc) is 3.31. The molecule has 0 bridgehead atoms. The van der Waals surface area contributed by atoms with Crippen molar-refractivity contribution < 1.29 is 9.53 Å². The third-order valence-electron chi connectivity index (χ3n) is 5.76. The Hall–Kier alpha value is -3.16. The number of aromatic amines is 1. The van der Waals surface area contributed by atoms with Gasteiger partial charge in [0.15, 0.2) is 5.69 Å². The number of rotatable bonds is 3. The summed E-state index contributed by atoms with van der Waals surface area (Å²) in [5.41, 5.74) is 4.20. The SMILES string of the molecule is Cc1cc(N2C(=O)c3nc(C4=CCOCC4)[nH]c3[C@H]2c2ccc(Cl)cc2)cn(C)c1=O. The van der Waals surface area contributed by atoms with Gasteiger partial charge < -0.3 is 14.3 Å². The highest BCUT2D eigenvalue weighted by molar-refractivity contribution is 6.30.